The Morgan fingerprint density at radius 3 is 2.86 bits per heavy atom. The van der Waals surface area contributed by atoms with E-state index in [1.807, 2.05) is 10.6 Å². The average Bonchev–Trinajstić information content (AvgIpc) is 2.72. The zero-order valence-corrected chi connectivity index (χ0v) is 12.4. The normalized spacial score (nSPS) is 11.2. The molecule has 0 saturated carbocycles. The second-order valence-electron chi connectivity index (χ2n) is 5.12. The molecule has 0 radical (unpaired) electrons. The summed E-state index contributed by atoms with van der Waals surface area (Å²) in [7, 11) is 0. The topological polar surface area (TPSA) is 43.8 Å². The second kappa shape index (κ2) is 5.37. The van der Waals surface area contributed by atoms with E-state index in [4.69, 9.17) is 17.3 Å². The number of aromatic nitrogens is 2. The summed E-state index contributed by atoms with van der Waals surface area (Å²) >= 11 is 5.77. The standard InChI is InChI=1S/C16H15ClFN3/c1-10-3-2-4-11(7-10)5-6-21-15-9-13(18)12(17)8-14(15)20-16(21)19/h2-4,7-9H,5-6H2,1H3,(H2,19,20). The molecule has 2 N–H and O–H groups in total. The number of rotatable bonds is 3. The number of benzene rings is 2. The summed E-state index contributed by atoms with van der Waals surface area (Å²) in [5.41, 5.74) is 9.65. The first-order valence-electron chi connectivity index (χ1n) is 6.71. The van der Waals surface area contributed by atoms with Crippen LogP contribution in [0.15, 0.2) is 36.4 Å². The first-order chi connectivity index (χ1) is 10.0. The van der Waals surface area contributed by atoms with Gasteiger partial charge in [-0.15, -0.1) is 0 Å². The lowest BCUT2D eigenvalue weighted by Gasteiger charge is -2.07. The van der Waals surface area contributed by atoms with Crippen LogP contribution in [-0.4, -0.2) is 9.55 Å². The summed E-state index contributed by atoms with van der Waals surface area (Å²) in [6, 6.07) is 11.2. The molecule has 0 atom stereocenters. The molecule has 3 rings (SSSR count). The Balaban J connectivity index is 1.93. The molecule has 1 aromatic heterocycles. The number of imidazole rings is 1. The number of hydrogen-bond acceptors (Lipinski definition) is 2. The third-order valence-electron chi connectivity index (χ3n) is 3.53. The summed E-state index contributed by atoms with van der Waals surface area (Å²) in [6.07, 6.45) is 0.807. The molecule has 21 heavy (non-hydrogen) atoms. The Labute approximate surface area is 127 Å². The van der Waals surface area contributed by atoms with Crippen molar-refractivity contribution in [3.05, 3.63) is 58.4 Å². The van der Waals surface area contributed by atoms with Crippen LogP contribution in [0.5, 0.6) is 0 Å². The molecule has 1 heterocycles. The smallest absolute Gasteiger partial charge is 0.201 e. The molecule has 0 aliphatic carbocycles. The fraction of sp³-hybridized carbons (Fsp3) is 0.188. The van der Waals surface area contributed by atoms with Crippen LogP contribution in [0, 0.1) is 12.7 Å². The molecular weight excluding hydrogens is 289 g/mol. The molecule has 0 aliphatic rings. The predicted octanol–water partition coefficient (Wildman–Crippen LogP) is 3.96. The summed E-state index contributed by atoms with van der Waals surface area (Å²) in [5, 5.41) is 0.0610. The highest BCUT2D eigenvalue weighted by Crippen LogP contribution is 2.25. The number of nitrogen functional groups attached to an aromatic ring is 1. The van der Waals surface area contributed by atoms with Gasteiger partial charge in [0.2, 0.25) is 5.95 Å². The molecule has 3 nitrogen and oxygen atoms in total. The van der Waals surface area contributed by atoms with Crippen molar-refractivity contribution < 1.29 is 4.39 Å². The molecule has 0 bridgehead atoms. The highest BCUT2D eigenvalue weighted by atomic mass is 35.5. The highest BCUT2D eigenvalue weighted by Gasteiger charge is 2.11. The van der Waals surface area contributed by atoms with Gasteiger partial charge >= 0.3 is 0 Å². The van der Waals surface area contributed by atoms with E-state index in [0.29, 0.717) is 23.5 Å². The number of nitrogens with zero attached hydrogens (tertiary/aromatic N) is 2. The van der Waals surface area contributed by atoms with Gasteiger partial charge < -0.3 is 10.3 Å². The zero-order chi connectivity index (χ0) is 15.0. The molecular formula is C16H15ClFN3. The molecule has 0 unspecified atom stereocenters. The van der Waals surface area contributed by atoms with Crippen molar-refractivity contribution in [2.45, 2.75) is 19.9 Å². The molecule has 3 aromatic rings. The molecule has 0 fully saturated rings. The van der Waals surface area contributed by atoms with E-state index in [0.717, 1.165) is 6.42 Å². The molecule has 0 saturated heterocycles. The minimum atomic E-state index is -0.458. The Morgan fingerprint density at radius 2 is 2.10 bits per heavy atom. The Morgan fingerprint density at radius 1 is 1.29 bits per heavy atom. The quantitative estimate of drug-likeness (QED) is 0.796. The minimum Gasteiger partial charge on any atom is -0.369 e. The van der Waals surface area contributed by atoms with Crippen molar-refractivity contribution in [1.29, 1.82) is 0 Å². The zero-order valence-electron chi connectivity index (χ0n) is 11.6. The van der Waals surface area contributed by atoms with Crippen molar-refractivity contribution in [3.63, 3.8) is 0 Å². The monoisotopic (exact) mass is 303 g/mol. The van der Waals surface area contributed by atoms with Crippen molar-refractivity contribution in [1.82, 2.24) is 9.55 Å². The van der Waals surface area contributed by atoms with Crippen molar-refractivity contribution >= 4 is 28.6 Å². The van der Waals surface area contributed by atoms with Crippen LogP contribution >= 0.6 is 11.6 Å². The SMILES string of the molecule is Cc1cccc(CCn2c(N)nc3cc(Cl)c(F)cc32)c1. The van der Waals surface area contributed by atoms with Gasteiger partial charge in [0, 0.05) is 12.6 Å². The number of fused-ring (bicyclic) bond motifs is 1. The Hall–Kier alpha value is -2.07. The van der Waals surface area contributed by atoms with Crippen LogP contribution in [0.2, 0.25) is 5.02 Å². The van der Waals surface area contributed by atoms with Gasteiger partial charge in [-0.05, 0) is 25.0 Å². The second-order valence-corrected chi connectivity index (χ2v) is 5.52. The molecule has 108 valence electrons. The molecule has 0 aliphatic heterocycles. The summed E-state index contributed by atoms with van der Waals surface area (Å²) < 4.78 is 15.5. The molecule has 0 spiro atoms. The van der Waals surface area contributed by atoms with Crippen LogP contribution in [0.4, 0.5) is 10.3 Å². The molecule has 5 heteroatoms. The first kappa shape index (κ1) is 13.9. The number of hydrogen-bond donors (Lipinski definition) is 1. The maximum absolute atomic E-state index is 13.6. The lowest BCUT2D eigenvalue weighted by atomic mass is 10.1. The van der Waals surface area contributed by atoms with E-state index in [1.54, 1.807) is 0 Å². The van der Waals surface area contributed by atoms with Gasteiger partial charge in [-0.2, -0.15) is 0 Å². The number of anilines is 1. The Kier molecular flexibility index (Phi) is 3.55. The lowest BCUT2D eigenvalue weighted by molar-refractivity contribution is 0.628. The van der Waals surface area contributed by atoms with Crippen LogP contribution in [0.25, 0.3) is 11.0 Å². The first-order valence-corrected chi connectivity index (χ1v) is 7.08. The van der Waals surface area contributed by atoms with Crippen molar-refractivity contribution in [2.24, 2.45) is 0 Å². The van der Waals surface area contributed by atoms with E-state index < -0.39 is 5.82 Å². The van der Waals surface area contributed by atoms with Gasteiger partial charge in [-0.25, -0.2) is 9.37 Å². The number of nitrogens with two attached hydrogens (primary N) is 1. The summed E-state index contributed by atoms with van der Waals surface area (Å²) in [6.45, 7) is 2.70. The minimum absolute atomic E-state index is 0.0610. The molecule has 2 aromatic carbocycles. The highest BCUT2D eigenvalue weighted by molar-refractivity contribution is 6.31. The summed E-state index contributed by atoms with van der Waals surface area (Å²) in [5.74, 6) is -0.0832. The van der Waals surface area contributed by atoms with E-state index in [1.165, 1.54) is 23.3 Å². The predicted molar refractivity (Wildman–Crippen MR) is 84.0 cm³/mol. The van der Waals surface area contributed by atoms with Gasteiger partial charge in [-0.3, -0.25) is 0 Å². The van der Waals surface area contributed by atoms with Gasteiger partial charge in [0.05, 0.1) is 16.1 Å². The van der Waals surface area contributed by atoms with Crippen LogP contribution in [0.1, 0.15) is 11.1 Å². The Bertz CT molecular complexity index is 811. The molecule has 0 amide bonds. The van der Waals surface area contributed by atoms with Crippen molar-refractivity contribution in [2.75, 3.05) is 5.73 Å². The fourth-order valence-electron chi connectivity index (χ4n) is 2.48. The summed E-state index contributed by atoms with van der Waals surface area (Å²) in [4.78, 5) is 4.23. The maximum Gasteiger partial charge on any atom is 0.201 e. The third-order valence-corrected chi connectivity index (χ3v) is 3.82. The van der Waals surface area contributed by atoms with E-state index in [-0.39, 0.29) is 5.02 Å². The van der Waals surface area contributed by atoms with E-state index in [9.17, 15) is 4.39 Å². The van der Waals surface area contributed by atoms with Crippen molar-refractivity contribution in [3.8, 4) is 0 Å². The van der Waals surface area contributed by atoms with Crippen LogP contribution < -0.4 is 5.73 Å². The van der Waals surface area contributed by atoms with Crippen LogP contribution in [-0.2, 0) is 13.0 Å². The van der Waals surface area contributed by atoms with E-state index >= 15 is 0 Å². The van der Waals surface area contributed by atoms with Gasteiger partial charge in [-0.1, -0.05) is 41.4 Å². The lowest BCUT2D eigenvalue weighted by Crippen LogP contribution is -2.06. The fourth-order valence-corrected chi connectivity index (χ4v) is 2.64. The van der Waals surface area contributed by atoms with Gasteiger partial charge in [0.15, 0.2) is 0 Å². The average molecular weight is 304 g/mol. The van der Waals surface area contributed by atoms with E-state index in [2.05, 4.69) is 30.1 Å². The van der Waals surface area contributed by atoms with Gasteiger partial charge in [0.25, 0.3) is 0 Å². The largest absolute Gasteiger partial charge is 0.369 e. The number of halogens is 2. The van der Waals surface area contributed by atoms with Gasteiger partial charge in [0.1, 0.15) is 5.82 Å². The maximum atomic E-state index is 13.6. The number of aryl methyl sites for hydroxylation is 3. The third kappa shape index (κ3) is 2.72. The van der Waals surface area contributed by atoms with Crippen LogP contribution in [0.3, 0.4) is 0 Å².